The number of nitrogens with one attached hydrogen (secondary N) is 1. The summed E-state index contributed by atoms with van der Waals surface area (Å²) < 4.78 is 4.83. The molecule has 0 aliphatic rings. The fraction of sp³-hybridized carbons (Fsp3) is 0.773. The van der Waals surface area contributed by atoms with Crippen LogP contribution in [0.25, 0.3) is 0 Å². The monoisotopic (exact) mass is 393 g/mol. The molecule has 0 unspecified atom stereocenters. The minimum atomic E-state index is -0.851. The Labute approximate surface area is 170 Å². The van der Waals surface area contributed by atoms with Gasteiger partial charge in [-0.3, -0.25) is 4.79 Å². The Morgan fingerprint density at radius 3 is 2.00 bits per heavy atom. The summed E-state index contributed by atoms with van der Waals surface area (Å²) in [6, 6.07) is -0.851. The van der Waals surface area contributed by atoms with Gasteiger partial charge in [-0.25, -0.2) is 9.78 Å². The SMILES string of the molecule is CCCCCCCCCCCCCCCC(=O)OC(=O)[C@@H](N)Cc1cnc[nH]1. The smallest absolute Gasteiger partial charge is 0.330 e. The predicted octanol–water partition coefficient (Wildman–Crippen LogP) is 4.83. The molecule has 28 heavy (non-hydrogen) atoms. The Hall–Kier alpha value is -1.69. The van der Waals surface area contributed by atoms with Crippen LogP contribution in [-0.4, -0.2) is 27.9 Å². The first-order valence-corrected chi connectivity index (χ1v) is 11.1. The first-order chi connectivity index (χ1) is 13.6. The van der Waals surface area contributed by atoms with E-state index in [4.69, 9.17) is 10.5 Å². The van der Waals surface area contributed by atoms with Crippen molar-refractivity contribution in [2.45, 2.75) is 109 Å². The number of hydrogen-bond donors (Lipinski definition) is 2. The number of rotatable bonds is 17. The number of imidazole rings is 1. The normalized spacial score (nSPS) is 12.1. The van der Waals surface area contributed by atoms with Gasteiger partial charge in [0, 0.05) is 24.7 Å². The van der Waals surface area contributed by atoms with Crippen molar-refractivity contribution in [3.8, 4) is 0 Å². The number of esters is 2. The van der Waals surface area contributed by atoms with E-state index in [-0.39, 0.29) is 12.8 Å². The second-order valence-corrected chi connectivity index (χ2v) is 7.67. The van der Waals surface area contributed by atoms with Gasteiger partial charge < -0.3 is 15.5 Å². The number of nitrogens with two attached hydrogens (primary N) is 1. The van der Waals surface area contributed by atoms with Gasteiger partial charge in [-0.1, -0.05) is 84.0 Å². The number of nitrogens with zero attached hydrogens (tertiary/aromatic N) is 1. The molecule has 0 radical (unpaired) electrons. The Balaban J connectivity index is 1.90. The van der Waals surface area contributed by atoms with E-state index in [1.54, 1.807) is 6.20 Å². The number of hydrogen-bond acceptors (Lipinski definition) is 5. The summed E-state index contributed by atoms with van der Waals surface area (Å²) in [5, 5.41) is 0. The number of aromatic amines is 1. The maximum absolute atomic E-state index is 11.8. The van der Waals surface area contributed by atoms with Gasteiger partial charge in [0.2, 0.25) is 0 Å². The minimum absolute atomic E-state index is 0.278. The lowest BCUT2D eigenvalue weighted by molar-refractivity contribution is -0.160. The summed E-state index contributed by atoms with van der Waals surface area (Å²) in [5.41, 5.74) is 6.50. The van der Waals surface area contributed by atoms with Crippen LogP contribution >= 0.6 is 0 Å². The molecule has 0 saturated heterocycles. The highest BCUT2D eigenvalue weighted by Crippen LogP contribution is 2.13. The molecule has 6 nitrogen and oxygen atoms in total. The van der Waals surface area contributed by atoms with Gasteiger partial charge in [-0.05, 0) is 6.42 Å². The summed E-state index contributed by atoms with van der Waals surface area (Å²) >= 11 is 0. The van der Waals surface area contributed by atoms with Crippen molar-refractivity contribution >= 4 is 11.9 Å². The number of carbonyl (C=O) groups excluding carboxylic acids is 2. The maximum Gasteiger partial charge on any atom is 0.330 e. The van der Waals surface area contributed by atoms with E-state index in [9.17, 15) is 9.59 Å². The van der Waals surface area contributed by atoms with E-state index in [0.29, 0.717) is 0 Å². The number of aromatic nitrogens is 2. The summed E-state index contributed by atoms with van der Waals surface area (Å²) in [6.07, 6.45) is 20.0. The van der Waals surface area contributed by atoms with Crippen molar-refractivity contribution < 1.29 is 14.3 Å². The second-order valence-electron chi connectivity index (χ2n) is 7.67. The van der Waals surface area contributed by atoms with E-state index in [2.05, 4.69) is 16.9 Å². The Kier molecular flexibility index (Phi) is 14.2. The van der Waals surface area contributed by atoms with Crippen molar-refractivity contribution in [3.63, 3.8) is 0 Å². The van der Waals surface area contributed by atoms with Crippen molar-refractivity contribution in [3.05, 3.63) is 18.2 Å². The number of unbranched alkanes of at least 4 members (excludes halogenated alkanes) is 12. The zero-order chi connectivity index (χ0) is 20.5. The zero-order valence-electron chi connectivity index (χ0n) is 17.6. The van der Waals surface area contributed by atoms with Gasteiger partial charge in [0.15, 0.2) is 0 Å². The lowest BCUT2D eigenvalue weighted by Crippen LogP contribution is -2.35. The van der Waals surface area contributed by atoms with Crippen LogP contribution in [0.4, 0.5) is 0 Å². The summed E-state index contributed by atoms with van der Waals surface area (Å²) in [5.74, 6) is -1.15. The van der Waals surface area contributed by atoms with Gasteiger partial charge >= 0.3 is 11.9 Å². The molecule has 6 heteroatoms. The van der Waals surface area contributed by atoms with Crippen molar-refractivity contribution in [1.82, 2.24) is 9.97 Å². The lowest BCUT2D eigenvalue weighted by atomic mass is 10.0. The third-order valence-electron chi connectivity index (χ3n) is 5.00. The molecule has 0 aromatic carbocycles. The highest BCUT2D eigenvalue weighted by molar-refractivity contribution is 5.88. The Morgan fingerprint density at radius 2 is 1.50 bits per heavy atom. The van der Waals surface area contributed by atoms with Crippen molar-refractivity contribution in [2.24, 2.45) is 5.73 Å². The summed E-state index contributed by atoms with van der Waals surface area (Å²) in [4.78, 5) is 30.3. The van der Waals surface area contributed by atoms with E-state index >= 15 is 0 Å². The molecule has 0 fully saturated rings. The van der Waals surface area contributed by atoms with Crippen LogP contribution in [-0.2, 0) is 20.7 Å². The number of ether oxygens (including phenoxy) is 1. The van der Waals surface area contributed by atoms with Crippen LogP contribution < -0.4 is 5.73 Å². The maximum atomic E-state index is 11.8. The van der Waals surface area contributed by atoms with E-state index < -0.39 is 18.0 Å². The number of carbonyl (C=O) groups is 2. The molecule has 0 aliphatic heterocycles. The summed E-state index contributed by atoms with van der Waals surface area (Å²) in [7, 11) is 0. The molecule has 1 atom stereocenters. The van der Waals surface area contributed by atoms with Crippen LogP contribution in [0, 0.1) is 0 Å². The molecule has 1 aromatic rings. The first kappa shape index (κ1) is 24.3. The molecular weight excluding hydrogens is 354 g/mol. The van der Waals surface area contributed by atoms with Gasteiger partial charge in [-0.15, -0.1) is 0 Å². The van der Waals surface area contributed by atoms with Gasteiger partial charge in [-0.2, -0.15) is 0 Å². The summed E-state index contributed by atoms with van der Waals surface area (Å²) in [6.45, 7) is 2.25. The van der Waals surface area contributed by atoms with Crippen LogP contribution in [0.5, 0.6) is 0 Å². The molecule has 0 aliphatic carbocycles. The highest BCUT2D eigenvalue weighted by atomic mass is 16.6. The highest BCUT2D eigenvalue weighted by Gasteiger charge is 2.19. The first-order valence-electron chi connectivity index (χ1n) is 11.1. The molecule has 1 rings (SSSR count). The topological polar surface area (TPSA) is 98.1 Å². The van der Waals surface area contributed by atoms with Crippen LogP contribution in [0.3, 0.4) is 0 Å². The zero-order valence-corrected chi connectivity index (χ0v) is 17.6. The largest absolute Gasteiger partial charge is 0.392 e. The van der Waals surface area contributed by atoms with Crippen LogP contribution in [0.2, 0.25) is 0 Å². The third-order valence-corrected chi connectivity index (χ3v) is 5.00. The predicted molar refractivity (Wildman–Crippen MR) is 112 cm³/mol. The van der Waals surface area contributed by atoms with E-state index in [1.807, 2.05) is 0 Å². The number of H-pyrrole nitrogens is 1. The molecule has 0 saturated carbocycles. The van der Waals surface area contributed by atoms with Crippen molar-refractivity contribution in [1.29, 1.82) is 0 Å². The Morgan fingerprint density at radius 1 is 0.964 bits per heavy atom. The van der Waals surface area contributed by atoms with Crippen LogP contribution in [0.15, 0.2) is 12.5 Å². The molecular formula is C22H39N3O3. The van der Waals surface area contributed by atoms with Crippen molar-refractivity contribution in [2.75, 3.05) is 0 Å². The third kappa shape index (κ3) is 12.7. The molecule has 0 amide bonds. The fourth-order valence-corrected chi connectivity index (χ4v) is 3.24. The minimum Gasteiger partial charge on any atom is -0.392 e. The van der Waals surface area contributed by atoms with Gasteiger partial charge in [0.05, 0.1) is 6.33 Å². The molecule has 1 aromatic heterocycles. The average molecular weight is 394 g/mol. The molecule has 0 bridgehead atoms. The molecule has 0 spiro atoms. The average Bonchev–Trinajstić information content (AvgIpc) is 3.18. The van der Waals surface area contributed by atoms with Crippen LogP contribution in [0.1, 0.15) is 103 Å². The lowest BCUT2D eigenvalue weighted by Gasteiger charge is -2.09. The molecule has 1 heterocycles. The standard InChI is InChI=1S/C22H39N3O3/c1-2-3-4-5-6-7-8-9-10-11-12-13-14-15-21(26)28-22(27)20(23)16-19-17-24-18-25-19/h17-18,20H,2-16,23H2,1H3,(H,24,25)/t20-/m0/s1. The van der Waals surface area contributed by atoms with Gasteiger partial charge in [0.1, 0.15) is 6.04 Å². The molecule has 160 valence electrons. The second kappa shape index (κ2) is 16.3. The van der Waals surface area contributed by atoms with E-state index in [0.717, 1.165) is 25.0 Å². The van der Waals surface area contributed by atoms with Gasteiger partial charge in [0.25, 0.3) is 0 Å². The fourth-order valence-electron chi connectivity index (χ4n) is 3.24. The van der Waals surface area contributed by atoms with E-state index in [1.165, 1.54) is 70.5 Å². The quantitative estimate of drug-likeness (QED) is 0.224. The molecule has 3 N–H and O–H groups in total. The Bertz CT molecular complexity index is 517.